The number of nitro groups is 1. The minimum Gasteiger partial charge on any atom is -0.478 e. The molecule has 0 aliphatic rings. The highest BCUT2D eigenvalue weighted by Gasteiger charge is 2.18. The summed E-state index contributed by atoms with van der Waals surface area (Å²) in [6.07, 6.45) is 0. The quantitative estimate of drug-likeness (QED) is 0.514. The van der Waals surface area contributed by atoms with Gasteiger partial charge in [0.25, 0.3) is 5.69 Å². The van der Waals surface area contributed by atoms with Gasteiger partial charge in [-0.15, -0.1) is 0 Å². The number of benzene rings is 1. The van der Waals surface area contributed by atoms with Gasteiger partial charge in [0.15, 0.2) is 0 Å². The predicted molar refractivity (Wildman–Crippen MR) is 57.8 cm³/mol. The third-order valence-corrected chi connectivity index (χ3v) is 3.03. The molecule has 0 fully saturated rings. The molecule has 1 aromatic carbocycles. The van der Waals surface area contributed by atoms with E-state index in [0.29, 0.717) is 3.57 Å². The number of nitro benzene ring substituents is 1. The summed E-state index contributed by atoms with van der Waals surface area (Å²) in [6.45, 7) is 0. The molecule has 0 radical (unpaired) electrons. The highest BCUT2D eigenvalue weighted by molar-refractivity contribution is 14.1. The van der Waals surface area contributed by atoms with Crippen molar-refractivity contribution in [2.75, 3.05) is 0 Å². The molecular weight excluding hydrogens is 324 g/mol. The average Bonchev–Trinajstić information content (AvgIpc) is 2.08. The molecule has 0 unspecified atom stereocenters. The summed E-state index contributed by atoms with van der Waals surface area (Å²) in [6, 6.07) is 2.15. The van der Waals surface area contributed by atoms with E-state index in [2.05, 4.69) is 0 Å². The van der Waals surface area contributed by atoms with E-state index in [-0.39, 0.29) is 16.3 Å². The molecule has 0 heterocycles. The molecule has 14 heavy (non-hydrogen) atoms. The summed E-state index contributed by atoms with van der Waals surface area (Å²) in [7, 11) is 0. The van der Waals surface area contributed by atoms with Crippen LogP contribution in [-0.4, -0.2) is 16.0 Å². The summed E-state index contributed by atoms with van der Waals surface area (Å²) in [4.78, 5) is 20.4. The fourth-order valence-electron chi connectivity index (χ4n) is 0.836. The van der Waals surface area contributed by atoms with Crippen molar-refractivity contribution in [2.45, 2.75) is 0 Å². The van der Waals surface area contributed by atoms with Crippen LogP contribution in [0.4, 0.5) is 5.69 Å². The predicted octanol–water partition coefficient (Wildman–Crippen LogP) is 2.55. The van der Waals surface area contributed by atoms with Crippen molar-refractivity contribution in [3.63, 3.8) is 0 Å². The van der Waals surface area contributed by atoms with Crippen LogP contribution in [0.2, 0.25) is 5.02 Å². The second-order valence-electron chi connectivity index (χ2n) is 2.35. The van der Waals surface area contributed by atoms with Crippen molar-refractivity contribution in [1.82, 2.24) is 0 Å². The van der Waals surface area contributed by atoms with Crippen LogP contribution in [0.5, 0.6) is 0 Å². The molecule has 1 rings (SSSR count). The zero-order chi connectivity index (χ0) is 10.9. The van der Waals surface area contributed by atoms with E-state index in [1.165, 1.54) is 6.07 Å². The Morgan fingerprint density at radius 2 is 2.14 bits per heavy atom. The Morgan fingerprint density at radius 1 is 1.57 bits per heavy atom. The third-order valence-electron chi connectivity index (χ3n) is 1.45. The van der Waals surface area contributed by atoms with Crippen LogP contribution >= 0.6 is 34.2 Å². The molecule has 0 bridgehead atoms. The first-order valence-electron chi connectivity index (χ1n) is 3.30. The number of aromatic carboxylic acids is 1. The minimum atomic E-state index is -1.28. The molecule has 0 atom stereocenters. The number of carboxylic acids is 1. The van der Waals surface area contributed by atoms with E-state index >= 15 is 0 Å². The van der Waals surface area contributed by atoms with Crippen LogP contribution < -0.4 is 0 Å². The van der Waals surface area contributed by atoms with Gasteiger partial charge in [0.1, 0.15) is 0 Å². The van der Waals surface area contributed by atoms with E-state index in [1.807, 2.05) is 0 Å². The number of non-ortho nitro benzene ring substituents is 1. The monoisotopic (exact) mass is 327 g/mol. The summed E-state index contributed by atoms with van der Waals surface area (Å²) in [5.74, 6) is -1.28. The fourth-order valence-corrected chi connectivity index (χ4v) is 1.64. The SMILES string of the molecule is O=C(O)c1cc([N+](=O)[O-])cc(I)c1Cl. The zero-order valence-corrected chi connectivity index (χ0v) is 9.44. The first-order valence-corrected chi connectivity index (χ1v) is 4.76. The van der Waals surface area contributed by atoms with Gasteiger partial charge in [0.2, 0.25) is 0 Å². The number of rotatable bonds is 2. The average molecular weight is 327 g/mol. The van der Waals surface area contributed by atoms with Crippen LogP contribution in [0, 0.1) is 13.7 Å². The molecule has 0 aliphatic heterocycles. The van der Waals surface area contributed by atoms with Gasteiger partial charge < -0.3 is 5.11 Å². The van der Waals surface area contributed by atoms with Gasteiger partial charge in [0, 0.05) is 15.7 Å². The number of halogens is 2. The maximum Gasteiger partial charge on any atom is 0.337 e. The minimum absolute atomic E-state index is 0.0173. The lowest BCUT2D eigenvalue weighted by Gasteiger charge is -2.00. The van der Waals surface area contributed by atoms with Crippen molar-refractivity contribution >= 4 is 45.8 Å². The van der Waals surface area contributed by atoms with E-state index in [0.717, 1.165) is 6.07 Å². The van der Waals surface area contributed by atoms with Gasteiger partial charge in [-0.2, -0.15) is 0 Å². The van der Waals surface area contributed by atoms with E-state index in [4.69, 9.17) is 16.7 Å². The maximum atomic E-state index is 10.6. The Labute approximate surface area is 97.0 Å². The molecule has 74 valence electrons. The van der Waals surface area contributed by atoms with Crippen LogP contribution in [0.3, 0.4) is 0 Å². The molecule has 0 aliphatic carbocycles. The first-order chi connectivity index (χ1) is 6.43. The summed E-state index contributed by atoms with van der Waals surface area (Å²) in [5, 5.41) is 19.1. The Hall–Kier alpha value is -0.890. The molecular formula is C7H3ClINO4. The van der Waals surface area contributed by atoms with Gasteiger partial charge in [-0.25, -0.2) is 4.79 Å². The summed E-state index contributed by atoms with van der Waals surface area (Å²) in [5.41, 5.74) is -0.540. The second-order valence-corrected chi connectivity index (χ2v) is 3.89. The summed E-state index contributed by atoms with van der Waals surface area (Å²) >= 11 is 7.40. The smallest absolute Gasteiger partial charge is 0.337 e. The first kappa shape index (κ1) is 11.2. The number of carbonyl (C=O) groups is 1. The molecule has 0 amide bonds. The molecule has 0 saturated carbocycles. The van der Waals surface area contributed by atoms with E-state index < -0.39 is 10.9 Å². The Bertz CT molecular complexity index is 420. The van der Waals surface area contributed by atoms with E-state index in [9.17, 15) is 14.9 Å². The lowest BCUT2D eigenvalue weighted by molar-refractivity contribution is -0.385. The van der Waals surface area contributed by atoms with Crippen LogP contribution in [0.25, 0.3) is 0 Å². The van der Waals surface area contributed by atoms with Crippen molar-refractivity contribution in [3.05, 3.63) is 36.4 Å². The number of carboxylic acid groups (broad SMARTS) is 1. The van der Waals surface area contributed by atoms with Crippen LogP contribution in [0.1, 0.15) is 10.4 Å². The Morgan fingerprint density at radius 3 is 2.57 bits per heavy atom. The molecule has 0 spiro atoms. The van der Waals surface area contributed by atoms with Crippen molar-refractivity contribution < 1.29 is 14.8 Å². The number of nitrogens with zero attached hydrogens (tertiary/aromatic N) is 1. The Kier molecular flexibility index (Phi) is 3.27. The van der Waals surface area contributed by atoms with Crippen LogP contribution in [0.15, 0.2) is 12.1 Å². The van der Waals surface area contributed by atoms with E-state index in [1.54, 1.807) is 22.6 Å². The van der Waals surface area contributed by atoms with Crippen molar-refractivity contribution in [2.24, 2.45) is 0 Å². The highest BCUT2D eigenvalue weighted by Crippen LogP contribution is 2.28. The maximum absolute atomic E-state index is 10.6. The normalized spacial score (nSPS) is 9.86. The molecule has 1 aromatic rings. The highest BCUT2D eigenvalue weighted by atomic mass is 127. The standard InChI is InChI=1S/C7H3ClINO4/c8-6-4(7(11)12)1-3(10(13)14)2-5(6)9/h1-2H,(H,11,12). The van der Waals surface area contributed by atoms with Gasteiger partial charge in [-0.05, 0) is 22.6 Å². The van der Waals surface area contributed by atoms with Gasteiger partial charge in [0.05, 0.1) is 15.5 Å². The Balaban J connectivity index is 3.43. The number of hydrogen-bond acceptors (Lipinski definition) is 3. The van der Waals surface area contributed by atoms with Gasteiger partial charge >= 0.3 is 5.97 Å². The number of hydrogen-bond donors (Lipinski definition) is 1. The van der Waals surface area contributed by atoms with Gasteiger partial charge in [-0.3, -0.25) is 10.1 Å². The largest absolute Gasteiger partial charge is 0.478 e. The molecule has 7 heteroatoms. The lowest BCUT2D eigenvalue weighted by Crippen LogP contribution is -2.01. The molecule has 0 aromatic heterocycles. The van der Waals surface area contributed by atoms with Crippen molar-refractivity contribution in [3.8, 4) is 0 Å². The molecule has 1 N–H and O–H groups in total. The zero-order valence-electron chi connectivity index (χ0n) is 6.53. The second kappa shape index (κ2) is 4.09. The summed E-state index contributed by atoms with van der Waals surface area (Å²) < 4.78 is 0.343. The lowest BCUT2D eigenvalue weighted by atomic mass is 10.2. The van der Waals surface area contributed by atoms with Gasteiger partial charge in [-0.1, -0.05) is 11.6 Å². The molecule has 5 nitrogen and oxygen atoms in total. The van der Waals surface area contributed by atoms with Crippen molar-refractivity contribution in [1.29, 1.82) is 0 Å². The third kappa shape index (κ3) is 2.13. The van der Waals surface area contributed by atoms with Crippen LogP contribution in [-0.2, 0) is 0 Å². The fraction of sp³-hybridized carbons (Fsp3) is 0. The topological polar surface area (TPSA) is 80.4 Å². The molecule has 0 saturated heterocycles.